The molecule has 2 aromatic carbocycles. The quantitative estimate of drug-likeness (QED) is 0.873. The Morgan fingerprint density at radius 2 is 1.92 bits per heavy atom. The van der Waals surface area contributed by atoms with Gasteiger partial charge in [0.05, 0.1) is 18.2 Å². The van der Waals surface area contributed by atoms with Gasteiger partial charge in [-0.2, -0.15) is 5.26 Å². The maximum absolute atomic E-state index is 13.8. The van der Waals surface area contributed by atoms with E-state index in [0.29, 0.717) is 11.1 Å². The molecule has 3 amide bonds. The Balaban J connectivity index is 1.94. The number of hydrogen-bond acceptors (Lipinski definition) is 3. The second-order valence-electron chi connectivity index (χ2n) is 5.85. The van der Waals surface area contributed by atoms with Gasteiger partial charge in [-0.15, -0.1) is 0 Å². The summed E-state index contributed by atoms with van der Waals surface area (Å²) in [7, 11) is 0. The zero-order valence-electron chi connectivity index (χ0n) is 13.2. The first-order valence-electron chi connectivity index (χ1n) is 7.44. The van der Waals surface area contributed by atoms with Crippen molar-refractivity contribution in [3.8, 4) is 6.07 Å². The van der Waals surface area contributed by atoms with E-state index in [2.05, 4.69) is 5.32 Å². The monoisotopic (exact) mass is 341 g/mol. The molecule has 1 aliphatic heterocycles. The number of nitriles is 1. The fourth-order valence-corrected chi connectivity index (χ4v) is 2.78. The van der Waals surface area contributed by atoms with Crippen LogP contribution in [0.2, 0.25) is 0 Å². The molecule has 0 aromatic heterocycles. The lowest BCUT2D eigenvalue weighted by Crippen LogP contribution is -2.40. The number of halogens is 2. The Morgan fingerprint density at radius 3 is 2.64 bits per heavy atom. The summed E-state index contributed by atoms with van der Waals surface area (Å²) >= 11 is 0. The molecule has 3 rings (SSSR count). The van der Waals surface area contributed by atoms with E-state index in [4.69, 9.17) is 5.26 Å². The number of carbonyl (C=O) groups is 2. The number of carbonyl (C=O) groups excluding carboxylic acids is 2. The Hall–Kier alpha value is -3.27. The number of imide groups is 1. The summed E-state index contributed by atoms with van der Waals surface area (Å²) in [6, 6.07) is 11.1. The summed E-state index contributed by atoms with van der Waals surface area (Å²) in [5, 5.41) is 11.6. The third-order valence-corrected chi connectivity index (χ3v) is 4.20. The average molecular weight is 341 g/mol. The fourth-order valence-electron chi connectivity index (χ4n) is 2.78. The molecule has 25 heavy (non-hydrogen) atoms. The van der Waals surface area contributed by atoms with Crippen molar-refractivity contribution >= 4 is 11.9 Å². The standard InChI is InChI=1S/C18H13F2N3O2/c1-18(13-6-2-4-11(8-13)9-21)16(24)23(17(25)22-18)10-12-5-3-7-14(19)15(12)20/h2-8H,10H2,1H3,(H,22,25). The van der Waals surface area contributed by atoms with Crippen molar-refractivity contribution in [2.45, 2.75) is 19.0 Å². The smallest absolute Gasteiger partial charge is 0.319 e. The van der Waals surface area contributed by atoms with Gasteiger partial charge in [-0.25, -0.2) is 13.6 Å². The molecular formula is C18H13F2N3O2. The van der Waals surface area contributed by atoms with Gasteiger partial charge in [0.15, 0.2) is 11.6 Å². The second kappa shape index (κ2) is 5.98. The number of amides is 3. The fraction of sp³-hybridized carbons (Fsp3) is 0.167. The Kier molecular flexibility index (Phi) is 3.97. The molecule has 1 atom stereocenters. The topological polar surface area (TPSA) is 73.2 Å². The summed E-state index contributed by atoms with van der Waals surface area (Å²) < 4.78 is 27.2. The maximum Gasteiger partial charge on any atom is 0.325 e. The van der Waals surface area contributed by atoms with Crippen LogP contribution in [0.25, 0.3) is 0 Å². The van der Waals surface area contributed by atoms with E-state index in [1.807, 2.05) is 6.07 Å². The average Bonchev–Trinajstić information content (AvgIpc) is 2.83. The molecule has 126 valence electrons. The van der Waals surface area contributed by atoms with Gasteiger partial charge in [-0.3, -0.25) is 9.69 Å². The van der Waals surface area contributed by atoms with Crippen LogP contribution in [-0.4, -0.2) is 16.8 Å². The van der Waals surface area contributed by atoms with Gasteiger partial charge in [-0.05, 0) is 30.7 Å². The molecule has 1 fully saturated rings. The minimum absolute atomic E-state index is 0.0986. The van der Waals surface area contributed by atoms with Crippen molar-refractivity contribution in [3.63, 3.8) is 0 Å². The van der Waals surface area contributed by atoms with Gasteiger partial charge in [0, 0.05) is 5.56 Å². The Bertz CT molecular complexity index is 923. The first kappa shape index (κ1) is 16.6. The van der Waals surface area contributed by atoms with Crippen LogP contribution in [0.4, 0.5) is 13.6 Å². The van der Waals surface area contributed by atoms with Crippen molar-refractivity contribution in [2.24, 2.45) is 0 Å². The predicted molar refractivity (Wildman–Crippen MR) is 83.9 cm³/mol. The summed E-state index contributed by atoms with van der Waals surface area (Å²) in [6.45, 7) is 1.12. The third-order valence-electron chi connectivity index (χ3n) is 4.20. The van der Waals surface area contributed by atoms with Crippen LogP contribution in [-0.2, 0) is 16.9 Å². The van der Waals surface area contributed by atoms with Gasteiger partial charge >= 0.3 is 6.03 Å². The van der Waals surface area contributed by atoms with Gasteiger partial charge < -0.3 is 5.32 Å². The minimum Gasteiger partial charge on any atom is -0.319 e. The van der Waals surface area contributed by atoms with Crippen molar-refractivity contribution < 1.29 is 18.4 Å². The first-order chi connectivity index (χ1) is 11.9. The molecular weight excluding hydrogens is 328 g/mol. The highest BCUT2D eigenvalue weighted by Gasteiger charge is 2.49. The van der Waals surface area contributed by atoms with Crippen LogP contribution in [0.5, 0.6) is 0 Å². The van der Waals surface area contributed by atoms with E-state index in [-0.39, 0.29) is 12.1 Å². The van der Waals surface area contributed by atoms with Gasteiger partial charge in [0.25, 0.3) is 5.91 Å². The Morgan fingerprint density at radius 1 is 1.20 bits per heavy atom. The maximum atomic E-state index is 13.8. The molecule has 0 bridgehead atoms. The minimum atomic E-state index is -1.38. The summed E-state index contributed by atoms with van der Waals surface area (Å²) in [4.78, 5) is 25.9. The number of hydrogen-bond donors (Lipinski definition) is 1. The van der Waals surface area contributed by atoms with Crippen LogP contribution in [0, 0.1) is 23.0 Å². The molecule has 0 saturated carbocycles. The molecule has 1 saturated heterocycles. The van der Waals surface area contributed by atoms with E-state index in [1.54, 1.807) is 18.2 Å². The highest BCUT2D eigenvalue weighted by Crippen LogP contribution is 2.30. The molecule has 1 N–H and O–H groups in total. The van der Waals surface area contributed by atoms with E-state index in [0.717, 1.165) is 11.0 Å². The molecule has 2 aromatic rings. The van der Waals surface area contributed by atoms with E-state index < -0.39 is 29.1 Å². The number of nitrogens with one attached hydrogen (secondary N) is 1. The summed E-state index contributed by atoms with van der Waals surface area (Å²) in [5.74, 6) is -2.74. The molecule has 1 aliphatic rings. The van der Waals surface area contributed by atoms with Crippen LogP contribution in [0.3, 0.4) is 0 Å². The van der Waals surface area contributed by atoms with Crippen LogP contribution in [0.1, 0.15) is 23.6 Å². The largest absolute Gasteiger partial charge is 0.325 e. The number of rotatable bonds is 3. The highest BCUT2D eigenvalue weighted by atomic mass is 19.2. The van der Waals surface area contributed by atoms with Crippen molar-refractivity contribution in [2.75, 3.05) is 0 Å². The van der Waals surface area contributed by atoms with Crippen molar-refractivity contribution in [3.05, 3.63) is 70.8 Å². The van der Waals surface area contributed by atoms with Gasteiger partial charge in [0.1, 0.15) is 5.54 Å². The predicted octanol–water partition coefficient (Wildman–Crippen LogP) is 2.80. The third kappa shape index (κ3) is 2.72. The lowest BCUT2D eigenvalue weighted by atomic mass is 9.91. The number of benzene rings is 2. The number of urea groups is 1. The molecule has 5 nitrogen and oxygen atoms in total. The second-order valence-corrected chi connectivity index (χ2v) is 5.85. The van der Waals surface area contributed by atoms with E-state index >= 15 is 0 Å². The van der Waals surface area contributed by atoms with Crippen molar-refractivity contribution in [1.29, 1.82) is 5.26 Å². The SMILES string of the molecule is CC1(c2cccc(C#N)c2)NC(=O)N(Cc2cccc(F)c2F)C1=O. The van der Waals surface area contributed by atoms with Gasteiger partial charge in [-0.1, -0.05) is 24.3 Å². The van der Waals surface area contributed by atoms with Crippen molar-refractivity contribution in [1.82, 2.24) is 10.2 Å². The summed E-state index contributed by atoms with van der Waals surface area (Å²) in [5.41, 5.74) is -0.700. The first-order valence-corrected chi connectivity index (χ1v) is 7.44. The Labute approximate surface area is 142 Å². The van der Waals surface area contributed by atoms with E-state index in [9.17, 15) is 18.4 Å². The van der Waals surface area contributed by atoms with Crippen LogP contribution < -0.4 is 5.32 Å². The van der Waals surface area contributed by atoms with E-state index in [1.165, 1.54) is 25.1 Å². The van der Waals surface area contributed by atoms with Crippen LogP contribution >= 0.6 is 0 Å². The number of nitrogens with zero attached hydrogens (tertiary/aromatic N) is 2. The molecule has 1 heterocycles. The summed E-state index contributed by atoms with van der Waals surface area (Å²) in [6.07, 6.45) is 0. The lowest BCUT2D eigenvalue weighted by molar-refractivity contribution is -0.131. The molecule has 0 aliphatic carbocycles. The molecule has 1 unspecified atom stereocenters. The van der Waals surface area contributed by atoms with Gasteiger partial charge in [0.2, 0.25) is 0 Å². The molecule has 7 heteroatoms. The lowest BCUT2D eigenvalue weighted by Gasteiger charge is -2.22. The normalized spacial score (nSPS) is 19.7. The molecule has 0 radical (unpaired) electrons. The zero-order chi connectivity index (χ0) is 18.2. The van der Waals surface area contributed by atoms with Crippen LogP contribution in [0.15, 0.2) is 42.5 Å². The molecule has 0 spiro atoms. The highest BCUT2D eigenvalue weighted by molar-refractivity contribution is 6.07. The zero-order valence-corrected chi connectivity index (χ0v) is 13.2.